The molecular weight excluding hydrogens is 344 g/mol. The predicted octanol–water partition coefficient (Wildman–Crippen LogP) is 4.18. The maximum Gasteiger partial charge on any atom is 0.339 e. The maximum atomic E-state index is 12.4. The van der Waals surface area contributed by atoms with Crippen LogP contribution >= 0.6 is 0 Å². The molecule has 0 radical (unpaired) electrons. The Bertz CT molecular complexity index is 989. The second kappa shape index (κ2) is 8.54. The first-order chi connectivity index (χ1) is 13.1. The Morgan fingerprint density at radius 3 is 2.63 bits per heavy atom. The Balaban J connectivity index is 1.80. The summed E-state index contributed by atoms with van der Waals surface area (Å²) in [5.74, 6) is 0.314. The maximum absolute atomic E-state index is 12.4. The van der Waals surface area contributed by atoms with Gasteiger partial charge in [0.1, 0.15) is 17.9 Å². The molecule has 0 aliphatic heterocycles. The van der Waals surface area contributed by atoms with Crippen molar-refractivity contribution in [1.29, 1.82) is 0 Å². The Morgan fingerprint density at radius 2 is 1.89 bits per heavy atom. The predicted molar refractivity (Wildman–Crippen MR) is 103 cm³/mol. The van der Waals surface area contributed by atoms with Crippen molar-refractivity contribution < 1.29 is 18.7 Å². The number of carbonyl (C=O) groups excluding carboxylic acids is 1. The number of rotatable bonds is 7. The molecule has 0 amide bonds. The molecule has 2 aromatic carbocycles. The summed E-state index contributed by atoms with van der Waals surface area (Å²) in [5, 5.41) is 0.834. The lowest BCUT2D eigenvalue weighted by molar-refractivity contribution is -0.143. The SMILES string of the molecule is CCOC(=O)CCc1c(C)c2ccc(OCc3ccccc3)cc2oc1=O. The second-order valence-corrected chi connectivity index (χ2v) is 6.23. The first-order valence-corrected chi connectivity index (χ1v) is 8.97. The van der Waals surface area contributed by atoms with Crippen LogP contribution in [0.3, 0.4) is 0 Å². The van der Waals surface area contributed by atoms with Gasteiger partial charge in [0.25, 0.3) is 0 Å². The highest BCUT2D eigenvalue weighted by atomic mass is 16.5. The molecule has 5 heteroatoms. The van der Waals surface area contributed by atoms with Crippen LogP contribution in [0.25, 0.3) is 11.0 Å². The van der Waals surface area contributed by atoms with Gasteiger partial charge < -0.3 is 13.9 Å². The highest BCUT2D eigenvalue weighted by Gasteiger charge is 2.14. The second-order valence-electron chi connectivity index (χ2n) is 6.23. The van der Waals surface area contributed by atoms with Gasteiger partial charge in [0.15, 0.2) is 0 Å². The number of benzene rings is 2. The molecule has 0 saturated carbocycles. The highest BCUT2D eigenvalue weighted by Crippen LogP contribution is 2.25. The lowest BCUT2D eigenvalue weighted by Gasteiger charge is -2.10. The normalized spacial score (nSPS) is 10.7. The van der Waals surface area contributed by atoms with Crippen molar-refractivity contribution >= 4 is 16.9 Å². The van der Waals surface area contributed by atoms with Crippen molar-refractivity contribution in [2.75, 3.05) is 6.61 Å². The molecule has 1 heterocycles. The summed E-state index contributed by atoms with van der Waals surface area (Å²) >= 11 is 0. The molecule has 3 rings (SSSR count). The Morgan fingerprint density at radius 1 is 1.11 bits per heavy atom. The molecule has 0 fully saturated rings. The fraction of sp³-hybridized carbons (Fsp3) is 0.273. The largest absolute Gasteiger partial charge is 0.489 e. The molecule has 0 aliphatic rings. The van der Waals surface area contributed by atoms with Gasteiger partial charge in [-0.1, -0.05) is 30.3 Å². The molecule has 1 aromatic heterocycles. The minimum atomic E-state index is -0.426. The van der Waals surface area contributed by atoms with E-state index in [1.807, 2.05) is 49.4 Å². The summed E-state index contributed by atoms with van der Waals surface area (Å²) in [5.41, 5.74) is 2.44. The summed E-state index contributed by atoms with van der Waals surface area (Å²) in [4.78, 5) is 23.9. The molecule has 0 spiro atoms. The quantitative estimate of drug-likeness (QED) is 0.464. The Labute approximate surface area is 157 Å². The lowest BCUT2D eigenvalue weighted by atomic mass is 10.0. The van der Waals surface area contributed by atoms with Crippen molar-refractivity contribution in [3.05, 3.63) is 75.6 Å². The van der Waals surface area contributed by atoms with Gasteiger partial charge in [0.05, 0.1) is 6.61 Å². The molecule has 3 aromatic rings. The topological polar surface area (TPSA) is 65.7 Å². The molecule has 27 heavy (non-hydrogen) atoms. The Kier molecular flexibility index (Phi) is 5.91. The smallest absolute Gasteiger partial charge is 0.339 e. The lowest BCUT2D eigenvalue weighted by Crippen LogP contribution is -2.13. The van der Waals surface area contributed by atoms with Crippen molar-refractivity contribution in [3.8, 4) is 5.75 Å². The molecular formula is C22H22O5. The average Bonchev–Trinajstić information content (AvgIpc) is 2.67. The first kappa shape index (κ1) is 18.7. The molecule has 5 nitrogen and oxygen atoms in total. The van der Waals surface area contributed by atoms with E-state index in [1.54, 1.807) is 13.0 Å². The third kappa shape index (κ3) is 4.56. The van der Waals surface area contributed by atoms with Gasteiger partial charge in [-0.05, 0) is 43.5 Å². The molecule has 0 unspecified atom stereocenters. The van der Waals surface area contributed by atoms with E-state index < -0.39 is 5.63 Å². The molecule has 140 valence electrons. The van der Waals surface area contributed by atoms with E-state index in [-0.39, 0.29) is 12.4 Å². The van der Waals surface area contributed by atoms with Crippen LogP contribution in [0.15, 0.2) is 57.7 Å². The average molecular weight is 366 g/mol. The van der Waals surface area contributed by atoms with Crippen LogP contribution in [-0.4, -0.2) is 12.6 Å². The Hall–Kier alpha value is -3.08. The molecule has 0 saturated heterocycles. The monoisotopic (exact) mass is 366 g/mol. The van der Waals surface area contributed by atoms with E-state index in [0.29, 0.717) is 36.5 Å². The van der Waals surface area contributed by atoms with Crippen LogP contribution in [0.1, 0.15) is 30.0 Å². The standard InChI is InChI=1S/C22H22O5/c1-3-25-21(23)12-11-19-15(2)18-10-9-17(13-20(18)27-22(19)24)26-14-16-7-5-4-6-8-16/h4-10,13H,3,11-12,14H2,1-2H3. The van der Waals surface area contributed by atoms with Gasteiger partial charge >= 0.3 is 11.6 Å². The minimum Gasteiger partial charge on any atom is -0.489 e. The van der Waals surface area contributed by atoms with Crippen molar-refractivity contribution in [2.24, 2.45) is 0 Å². The van der Waals surface area contributed by atoms with Crippen molar-refractivity contribution in [3.63, 3.8) is 0 Å². The number of carbonyl (C=O) groups is 1. The number of hydrogen-bond acceptors (Lipinski definition) is 5. The number of aryl methyl sites for hydroxylation is 1. The van der Waals surface area contributed by atoms with Crippen LogP contribution in [-0.2, 0) is 22.6 Å². The van der Waals surface area contributed by atoms with Crippen LogP contribution in [0.5, 0.6) is 5.75 Å². The number of ether oxygens (including phenoxy) is 2. The molecule has 0 atom stereocenters. The number of hydrogen-bond donors (Lipinski definition) is 0. The zero-order valence-corrected chi connectivity index (χ0v) is 15.5. The number of fused-ring (bicyclic) bond motifs is 1. The minimum absolute atomic E-state index is 0.156. The zero-order chi connectivity index (χ0) is 19.2. The highest BCUT2D eigenvalue weighted by molar-refractivity contribution is 5.82. The van der Waals surface area contributed by atoms with Gasteiger partial charge in [-0.3, -0.25) is 4.79 Å². The van der Waals surface area contributed by atoms with E-state index in [2.05, 4.69) is 0 Å². The van der Waals surface area contributed by atoms with E-state index in [4.69, 9.17) is 13.9 Å². The van der Waals surface area contributed by atoms with E-state index in [1.165, 1.54) is 0 Å². The van der Waals surface area contributed by atoms with Gasteiger partial charge in [-0.15, -0.1) is 0 Å². The third-order valence-corrected chi connectivity index (χ3v) is 4.39. The molecule has 0 N–H and O–H groups in total. The van der Waals surface area contributed by atoms with Gasteiger partial charge in [-0.25, -0.2) is 4.79 Å². The summed E-state index contributed by atoms with van der Waals surface area (Å²) in [6, 6.07) is 15.3. The fourth-order valence-electron chi connectivity index (χ4n) is 2.95. The van der Waals surface area contributed by atoms with Gasteiger partial charge in [0.2, 0.25) is 0 Å². The van der Waals surface area contributed by atoms with Crippen LogP contribution in [0.4, 0.5) is 0 Å². The van der Waals surface area contributed by atoms with Crippen LogP contribution in [0.2, 0.25) is 0 Å². The third-order valence-electron chi connectivity index (χ3n) is 4.39. The molecule has 0 aliphatic carbocycles. The summed E-state index contributed by atoms with van der Waals surface area (Å²) in [6.07, 6.45) is 0.457. The number of esters is 1. The summed E-state index contributed by atoms with van der Waals surface area (Å²) in [7, 11) is 0. The van der Waals surface area contributed by atoms with Gasteiger partial charge in [-0.2, -0.15) is 0 Å². The van der Waals surface area contributed by atoms with E-state index in [0.717, 1.165) is 16.5 Å². The van der Waals surface area contributed by atoms with Crippen molar-refractivity contribution in [2.45, 2.75) is 33.3 Å². The van der Waals surface area contributed by atoms with E-state index >= 15 is 0 Å². The fourth-order valence-corrected chi connectivity index (χ4v) is 2.95. The first-order valence-electron chi connectivity index (χ1n) is 8.97. The van der Waals surface area contributed by atoms with Crippen LogP contribution < -0.4 is 10.4 Å². The van der Waals surface area contributed by atoms with Gasteiger partial charge in [0, 0.05) is 23.4 Å². The summed E-state index contributed by atoms with van der Waals surface area (Å²) < 4.78 is 16.2. The zero-order valence-electron chi connectivity index (χ0n) is 15.5. The molecule has 0 bridgehead atoms. The summed E-state index contributed by atoms with van der Waals surface area (Å²) in [6.45, 7) is 4.39. The van der Waals surface area contributed by atoms with Crippen LogP contribution in [0, 0.1) is 6.92 Å². The van der Waals surface area contributed by atoms with Crippen molar-refractivity contribution in [1.82, 2.24) is 0 Å². The van der Waals surface area contributed by atoms with E-state index in [9.17, 15) is 9.59 Å².